The molecular formula is C11H15Cl2N3O. The molecule has 0 spiro atoms. The van der Waals surface area contributed by atoms with Crippen LogP contribution in [-0.4, -0.2) is 20.0 Å². The third-order valence-corrected chi connectivity index (χ3v) is 3.91. The van der Waals surface area contributed by atoms with E-state index in [0.717, 1.165) is 6.42 Å². The van der Waals surface area contributed by atoms with Crippen LogP contribution < -0.4 is 5.32 Å². The normalized spacial score (nSPS) is 23.2. The van der Waals surface area contributed by atoms with E-state index in [-0.39, 0.29) is 17.9 Å². The van der Waals surface area contributed by atoms with Crippen LogP contribution in [0.3, 0.4) is 0 Å². The third-order valence-electron chi connectivity index (χ3n) is 3.07. The van der Waals surface area contributed by atoms with Crippen molar-refractivity contribution in [1.29, 1.82) is 0 Å². The minimum atomic E-state index is -0.884. The fourth-order valence-electron chi connectivity index (χ4n) is 1.65. The summed E-state index contributed by atoms with van der Waals surface area (Å²) < 4.78 is 0.912. The van der Waals surface area contributed by atoms with Crippen molar-refractivity contribution in [3.8, 4) is 0 Å². The average molecular weight is 276 g/mol. The highest BCUT2D eigenvalue weighted by Gasteiger charge is 2.56. The zero-order valence-electron chi connectivity index (χ0n) is 9.78. The highest BCUT2D eigenvalue weighted by Crippen LogP contribution is 2.53. The van der Waals surface area contributed by atoms with Gasteiger partial charge in [-0.3, -0.25) is 4.79 Å². The van der Waals surface area contributed by atoms with E-state index in [2.05, 4.69) is 17.3 Å². The van der Waals surface area contributed by atoms with Crippen LogP contribution in [0.4, 0.5) is 5.82 Å². The first-order chi connectivity index (χ1) is 7.95. The molecule has 0 saturated heterocycles. The van der Waals surface area contributed by atoms with Crippen LogP contribution in [0.1, 0.15) is 32.7 Å². The van der Waals surface area contributed by atoms with Crippen molar-refractivity contribution >= 4 is 34.9 Å². The van der Waals surface area contributed by atoms with Crippen molar-refractivity contribution in [2.75, 3.05) is 5.32 Å². The number of carbonyl (C=O) groups is 1. The van der Waals surface area contributed by atoms with Crippen LogP contribution in [0, 0.1) is 5.92 Å². The SMILES string of the molecule is CCC(C)n1nccc1NC(=O)C1CC1(Cl)Cl. The molecule has 0 bridgehead atoms. The molecule has 17 heavy (non-hydrogen) atoms. The first-order valence-electron chi connectivity index (χ1n) is 5.68. The lowest BCUT2D eigenvalue weighted by molar-refractivity contribution is -0.117. The Balaban J connectivity index is 2.04. The summed E-state index contributed by atoms with van der Waals surface area (Å²) >= 11 is 11.7. The maximum absolute atomic E-state index is 11.8. The van der Waals surface area contributed by atoms with Gasteiger partial charge in [-0.25, -0.2) is 4.68 Å². The molecule has 2 unspecified atom stereocenters. The van der Waals surface area contributed by atoms with Gasteiger partial charge in [-0.2, -0.15) is 5.10 Å². The first kappa shape index (κ1) is 12.7. The number of halogens is 2. The van der Waals surface area contributed by atoms with E-state index in [1.165, 1.54) is 0 Å². The molecule has 1 fully saturated rings. The number of alkyl halides is 2. The Morgan fingerprint density at radius 2 is 2.41 bits per heavy atom. The number of carbonyl (C=O) groups excluding carboxylic acids is 1. The predicted molar refractivity (Wildman–Crippen MR) is 68.4 cm³/mol. The van der Waals surface area contributed by atoms with Gasteiger partial charge in [-0.05, 0) is 19.8 Å². The molecule has 2 atom stereocenters. The van der Waals surface area contributed by atoms with E-state index >= 15 is 0 Å². The highest BCUT2D eigenvalue weighted by molar-refractivity contribution is 6.52. The lowest BCUT2D eigenvalue weighted by Crippen LogP contribution is -2.20. The maximum Gasteiger partial charge on any atom is 0.231 e. The van der Waals surface area contributed by atoms with Gasteiger partial charge in [0.15, 0.2) is 0 Å². The van der Waals surface area contributed by atoms with E-state index in [4.69, 9.17) is 23.2 Å². The summed E-state index contributed by atoms with van der Waals surface area (Å²) in [6, 6.07) is 2.02. The molecule has 1 aromatic rings. The number of aromatic nitrogens is 2. The molecule has 0 aliphatic heterocycles. The second-order valence-corrected chi connectivity index (χ2v) is 5.97. The molecule has 1 heterocycles. The van der Waals surface area contributed by atoms with Gasteiger partial charge in [0, 0.05) is 6.07 Å². The summed E-state index contributed by atoms with van der Waals surface area (Å²) in [5.41, 5.74) is 0. The Hall–Kier alpha value is -0.740. The van der Waals surface area contributed by atoms with Gasteiger partial charge in [0.2, 0.25) is 5.91 Å². The van der Waals surface area contributed by atoms with Crippen molar-refractivity contribution in [3.05, 3.63) is 12.3 Å². The van der Waals surface area contributed by atoms with Crippen LogP contribution in [0.5, 0.6) is 0 Å². The Kier molecular flexibility index (Phi) is 3.36. The zero-order chi connectivity index (χ0) is 12.6. The van der Waals surface area contributed by atoms with E-state index in [0.29, 0.717) is 12.2 Å². The standard InChI is InChI=1S/C11H15Cl2N3O/c1-3-7(2)16-9(4-5-14-16)15-10(17)8-6-11(8,12)13/h4-5,7-8H,3,6H2,1-2H3,(H,15,17). The molecule has 2 rings (SSSR count). The Morgan fingerprint density at radius 3 is 2.94 bits per heavy atom. The Morgan fingerprint density at radius 1 is 1.76 bits per heavy atom. The minimum absolute atomic E-state index is 0.139. The average Bonchev–Trinajstić information content (AvgIpc) is 2.72. The van der Waals surface area contributed by atoms with Gasteiger partial charge >= 0.3 is 0 Å². The van der Waals surface area contributed by atoms with E-state index in [1.54, 1.807) is 16.9 Å². The van der Waals surface area contributed by atoms with Crippen molar-refractivity contribution in [1.82, 2.24) is 9.78 Å². The number of anilines is 1. The molecule has 1 amide bonds. The van der Waals surface area contributed by atoms with E-state index in [9.17, 15) is 4.79 Å². The molecule has 1 aliphatic carbocycles. The van der Waals surface area contributed by atoms with Crippen molar-refractivity contribution in [2.24, 2.45) is 5.92 Å². The van der Waals surface area contributed by atoms with Gasteiger partial charge in [-0.1, -0.05) is 6.92 Å². The predicted octanol–water partition coefficient (Wildman–Crippen LogP) is 2.99. The summed E-state index contributed by atoms with van der Waals surface area (Å²) in [6.07, 6.45) is 3.13. The van der Waals surface area contributed by atoms with Crippen molar-refractivity contribution < 1.29 is 4.79 Å². The van der Waals surface area contributed by atoms with Gasteiger partial charge in [-0.15, -0.1) is 23.2 Å². The number of nitrogens with zero attached hydrogens (tertiary/aromatic N) is 2. The fraction of sp³-hybridized carbons (Fsp3) is 0.636. The summed E-state index contributed by atoms with van der Waals surface area (Å²) in [7, 11) is 0. The van der Waals surface area contributed by atoms with Gasteiger partial charge in [0.25, 0.3) is 0 Å². The number of nitrogens with one attached hydrogen (secondary N) is 1. The molecule has 1 aliphatic rings. The fourth-order valence-corrected chi connectivity index (χ4v) is 2.16. The quantitative estimate of drug-likeness (QED) is 0.859. The highest BCUT2D eigenvalue weighted by atomic mass is 35.5. The second kappa shape index (κ2) is 4.50. The molecule has 1 aromatic heterocycles. The van der Waals surface area contributed by atoms with Crippen LogP contribution in [0.15, 0.2) is 12.3 Å². The number of rotatable bonds is 4. The number of hydrogen-bond acceptors (Lipinski definition) is 2. The summed E-state index contributed by atoms with van der Waals surface area (Å²) in [5, 5.41) is 7.01. The summed E-state index contributed by atoms with van der Waals surface area (Å²) in [4.78, 5) is 11.8. The van der Waals surface area contributed by atoms with E-state index < -0.39 is 4.33 Å². The molecule has 1 saturated carbocycles. The smallest absolute Gasteiger partial charge is 0.231 e. The van der Waals surface area contributed by atoms with E-state index in [1.807, 2.05) is 6.92 Å². The monoisotopic (exact) mass is 275 g/mol. The van der Waals surface area contributed by atoms with Crippen molar-refractivity contribution in [3.63, 3.8) is 0 Å². The van der Waals surface area contributed by atoms with Gasteiger partial charge < -0.3 is 5.32 Å². The first-order valence-corrected chi connectivity index (χ1v) is 6.43. The van der Waals surface area contributed by atoms with Gasteiger partial charge in [0.1, 0.15) is 10.2 Å². The molecule has 94 valence electrons. The summed E-state index contributed by atoms with van der Waals surface area (Å²) in [6.45, 7) is 4.12. The van der Waals surface area contributed by atoms with Crippen LogP contribution >= 0.6 is 23.2 Å². The summed E-state index contributed by atoms with van der Waals surface area (Å²) in [5.74, 6) is 0.242. The number of amides is 1. The molecule has 0 radical (unpaired) electrons. The number of hydrogen-bond donors (Lipinski definition) is 1. The molecule has 6 heteroatoms. The van der Waals surface area contributed by atoms with Crippen LogP contribution in [-0.2, 0) is 4.79 Å². The van der Waals surface area contributed by atoms with Crippen LogP contribution in [0.2, 0.25) is 0 Å². The molecular weight excluding hydrogens is 261 g/mol. The van der Waals surface area contributed by atoms with Crippen LogP contribution in [0.25, 0.3) is 0 Å². The Labute approximate surface area is 110 Å². The Bertz CT molecular complexity index is 430. The lowest BCUT2D eigenvalue weighted by atomic mass is 10.3. The third kappa shape index (κ3) is 2.58. The molecule has 4 nitrogen and oxygen atoms in total. The molecule has 1 N–H and O–H groups in total. The topological polar surface area (TPSA) is 46.9 Å². The van der Waals surface area contributed by atoms with Crippen molar-refractivity contribution in [2.45, 2.75) is 37.1 Å². The minimum Gasteiger partial charge on any atom is -0.311 e. The largest absolute Gasteiger partial charge is 0.311 e. The van der Waals surface area contributed by atoms with Gasteiger partial charge in [0.05, 0.1) is 18.2 Å². The zero-order valence-corrected chi connectivity index (χ0v) is 11.3. The maximum atomic E-state index is 11.8. The second-order valence-electron chi connectivity index (χ2n) is 4.43. The lowest BCUT2D eigenvalue weighted by Gasteiger charge is -2.14. The molecule has 0 aromatic carbocycles.